The summed E-state index contributed by atoms with van der Waals surface area (Å²) >= 11 is 4.84. The third-order valence-corrected chi connectivity index (χ3v) is 2.86. The molecule has 0 fully saturated rings. The Morgan fingerprint density at radius 2 is 1.95 bits per heavy atom. The molecule has 0 saturated carbocycles. The second-order valence-electron chi connectivity index (χ2n) is 4.03. The molecule has 2 aromatic rings. The molecule has 6 heteroatoms. The lowest BCUT2D eigenvalue weighted by atomic mass is 10.1. The number of hydrogen-bond donors (Lipinski definition) is 3. The monoisotopic (exact) mass is 290 g/mol. The van der Waals surface area contributed by atoms with Crippen molar-refractivity contribution in [1.82, 2.24) is 0 Å². The van der Waals surface area contributed by atoms with Gasteiger partial charge in [0.1, 0.15) is 22.1 Å². The molecule has 0 heterocycles. The maximum atomic E-state index is 13.5. The molecule has 2 rings (SSSR count). The molecule has 0 atom stereocenters. The molecule has 0 saturated heterocycles. The van der Waals surface area contributed by atoms with Crippen molar-refractivity contribution >= 4 is 28.8 Å². The van der Waals surface area contributed by atoms with E-state index in [9.17, 15) is 14.3 Å². The second kappa shape index (κ2) is 5.66. The van der Waals surface area contributed by atoms with Crippen molar-refractivity contribution in [2.75, 3.05) is 5.32 Å². The minimum absolute atomic E-state index is 0.190. The zero-order valence-electron chi connectivity index (χ0n) is 10.3. The highest BCUT2D eigenvalue weighted by Gasteiger charge is 2.16. The Kier molecular flexibility index (Phi) is 3.95. The third kappa shape index (κ3) is 2.92. The summed E-state index contributed by atoms with van der Waals surface area (Å²) in [5.74, 6) is -1.97. The van der Waals surface area contributed by atoms with Crippen molar-refractivity contribution in [3.05, 3.63) is 59.4 Å². The minimum atomic E-state index is -0.798. The van der Waals surface area contributed by atoms with Gasteiger partial charge in [0.05, 0.1) is 0 Å². The van der Waals surface area contributed by atoms with Crippen molar-refractivity contribution in [1.29, 1.82) is 0 Å². The Bertz CT molecular complexity index is 668. The number of amides is 1. The second-order valence-corrected chi connectivity index (χ2v) is 4.47. The van der Waals surface area contributed by atoms with E-state index in [2.05, 4.69) is 5.32 Å². The Labute approximate surface area is 120 Å². The van der Waals surface area contributed by atoms with Gasteiger partial charge in [-0.15, -0.1) is 0 Å². The van der Waals surface area contributed by atoms with Crippen LogP contribution in [0.15, 0.2) is 42.5 Å². The van der Waals surface area contributed by atoms with E-state index in [0.29, 0.717) is 11.3 Å². The van der Waals surface area contributed by atoms with Crippen LogP contribution in [0.3, 0.4) is 0 Å². The van der Waals surface area contributed by atoms with E-state index in [1.807, 2.05) is 0 Å². The van der Waals surface area contributed by atoms with Gasteiger partial charge < -0.3 is 16.2 Å². The summed E-state index contributed by atoms with van der Waals surface area (Å²) in [6.45, 7) is 0. The van der Waals surface area contributed by atoms with E-state index in [1.54, 1.807) is 24.3 Å². The number of nitrogens with one attached hydrogen (secondary N) is 1. The number of carbonyl (C=O) groups is 1. The highest BCUT2D eigenvalue weighted by molar-refractivity contribution is 7.80. The molecule has 2 aromatic carbocycles. The smallest absolute Gasteiger partial charge is 0.262 e. The zero-order chi connectivity index (χ0) is 14.7. The molecular weight excluding hydrogens is 279 g/mol. The van der Waals surface area contributed by atoms with Gasteiger partial charge in [-0.3, -0.25) is 4.79 Å². The van der Waals surface area contributed by atoms with Crippen LogP contribution in [0.25, 0.3) is 0 Å². The highest BCUT2D eigenvalue weighted by Crippen LogP contribution is 2.21. The quantitative estimate of drug-likeness (QED) is 0.759. The fraction of sp³-hybridized carbons (Fsp3) is 0. The summed E-state index contributed by atoms with van der Waals surface area (Å²) in [5, 5.41) is 12.0. The fourth-order valence-electron chi connectivity index (χ4n) is 1.68. The number of thiocarbonyl (C=S) groups is 1. The summed E-state index contributed by atoms with van der Waals surface area (Å²) in [6.07, 6.45) is 0. The van der Waals surface area contributed by atoms with Crippen molar-refractivity contribution < 1.29 is 14.3 Å². The van der Waals surface area contributed by atoms with Gasteiger partial charge in [0.25, 0.3) is 5.91 Å². The van der Waals surface area contributed by atoms with Gasteiger partial charge in [0, 0.05) is 11.3 Å². The molecule has 4 N–H and O–H groups in total. The number of nitrogens with two attached hydrogens (primary N) is 1. The van der Waals surface area contributed by atoms with Crippen LogP contribution in [0.4, 0.5) is 10.1 Å². The lowest BCUT2D eigenvalue weighted by Gasteiger charge is -2.08. The van der Waals surface area contributed by atoms with Crippen molar-refractivity contribution in [2.45, 2.75) is 0 Å². The number of phenols is 1. The van der Waals surface area contributed by atoms with Gasteiger partial charge in [0.2, 0.25) is 0 Å². The van der Waals surface area contributed by atoms with Crippen LogP contribution in [-0.4, -0.2) is 16.0 Å². The number of hydrogen-bond acceptors (Lipinski definition) is 3. The lowest BCUT2D eigenvalue weighted by Crippen LogP contribution is -2.15. The molecule has 20 heavy (non-hydrogen) atoms. The first-order valence-electron chi connectivity index (χ1n) is 5.67. The summed E-state index contributed by atoms with van der Waals surface area (Å²) in [7, 11) is 0. The number of carbonyl (C=O) groups excluding carboxylic acids is 1. The van der Waals surface area contributed by atoms with Gasteiger partial charge in [0.15, 0.2) is 0 Å². The molecule has 0 aliphatic carbocycles. The molecule has 0 unspecified atom stereocenters. The van der Waals surface area contributed by atoms with Crippen LogP contribution >= 0.6 is 12.2 Å². The lowest BCUT2D eigenvalue weighted by molar-refractivity contribution is 0.102. The molecule has 0 spiro atoms. The van der Waals surface area contributed by atoms with Gasteiger partial charge in [-0.2, -0.15) is 0 Å². The van der Waals surface area contributed by atoms with Crippen LogP contribution in [0, 0.1) is 5.82 Å². The first-order chi connectivity index (χ1) is 9.49. The number of phenolic OH excluding ortho intramolecular Hbond substituents is 1. The van der Waals surface area contributed by atoms with Gasteiger partial charge in [-0.1, -0.05) is 30.4 Å². The normalized spacial score (nSPS) is 10.1. The van der Waals surface area contributed by atoms with Gasteiger partial charge in [-0.05, 0) is 24.3 Å². The Morgan fingerprint density at radius 3 is 2.60 bits per heavy atom. The third-order valence-electron chi connectivity index (χ3n) is 2.62. The van der Waals surface area contributed by atoms with Gasteiger partial charge >= 0.3 is 0 Å². The highest BCUT2D eigenvalue weighted by atomic mass is 32.1. The maximum Gasteiger partial charge on any atom is 0.262 e. The minimum Gasteiger partial charge on any atom is -0.507 e. The molecule has 0 aliphatic rings. The molecule has 0 radical (unpaired) electrons. The SMILES string of the molecule is NC(=S)c1cccc(NC(=O)c2c(O)cccc2F)c1. The largest absolute Gasteiger partial charge is 0.507 e. The Morgan fingerprint density at radius 1 is 1.25 bits per heavy atom. The van der Waals surface area contributed by atoms with Crippen LogP contribution in [0.5, 0.6) is 5.75 Å². The number of anilines is 1. The average Bonchev–Trinajstić information content (AvgIpc) is 2.38. The van der Waals surface area contributed by atoms with E-state index in [-0.39, 0.29) is 4.99 Å². The number of rotatable bonds is 3. The summed E-state index contributed by atoms with van der Waals surface area (Å²) < 4.78 is 13.5. The molecule has 102 valence electrons. The van der Waals surface area contributed by atoms with E-state index >= 15 is 0 Å². The molecule has 0 aliphatic heterocycles. The molecule has 0 bridgehead atoms. The predicted octanol–water partition coefficient (Wildman–Crippen LogP) is 2.42. The van der Waals surface area contributed by atoms with Crippen molar-refractivity contribution in [3.63, 3.8) is 0 Å². The van der Waals surface area contributed by atoms with Crippen LogP contribution < -0.4 is 11.1 Å². The van der Waals surface area contributed by atoms with Crippen LogP contribution in [-0.2, 0) is 0 Å². The fourth-order valence-corrected chi connectivity index (χ4v) is 1.81. The molecular formula is C14H11FN2O2S. The first kappa shape index (κ1) is 14.0. The molecule has 0 aromatic heterocycles. The first-order valence-corrected chi connectivity index (χ1v) is 6.08. The van der Waals surface area contributed by atoms with Gasteiger partial charge in [-0.25, -0.2) is 4.39 Å². The standard InChI is InChI=1S/C14H11FN2O2S/c15-10-5-2-6-11(18)12(10)14(19)17-9-4-1-3-8(7-9)13(16)20/h1-7,18H,(H2,16,20)(H,17,19). The predicted molar refractivity (Wildman–Crippen MR) is 78.3 cm³/mol. The van der Waals surface area contributed by atoms with E-state index in [4.69, 9.17) is 18.0 Å². The molecule has 1 amide bonds. The van der Waals surface area contributed by atoms with Crippen LogP contribution in [0.1, 0.15) is 15.9 Å². The van der Waals surface area contributed by atoms with Crippen LogP contribution in [0.2, 0.25) is 0 Å². The van der Waals surface area contributed by atoms with Crippen molar-refractivity contribution in [3.8, 4) is 5.75 Å². The molecule has 4 nitrogen and oxygen atoms in total. The maximum absolute atomic E-state index is 13.5. The van der Waals surface area contributed by atoms with E-state index in [1.165, 1.54) is 12.1 Å². The summed E-state index contributed by atoms with van der Waals surface area (Å²) in [4.78, 5) is 12.2. The number of halogens is 1. The Balaban J connectivity index is 2.28. The number of benzene rings is 2. The van der Waals surface area contributed by atoms with Crippen molar-refractivity contribution in [2.24, 2.45) is 5.73 Å². The average molecular weight is 290 g/mol. The van der Waals surface area contributed by atoms with E-state index < -0.39 is 23.0 Å². The number of aromatic hydroxyl groups is 1. The summed E-state index contributed by atoms with van der Waals surface area (Å²) in [5.41, 5.74) is 6.07. The zero-order valence-corrected chi connectivity index (χ0v) is 11.1. The van der Waals surface area contributed by atoms with E-state index in [0.717, 1.165) is 6.07 Å². The Hall–Kier alpha value is -2.47. The summed E-state index contributed by atoms with van der Waals surface area (Å²) in [6, 6.07) is 10.2. The topological polar surface area (TPSA) is 75.3 Å².